The van der Waals surface area contributed by atoms with Crippen LogP contribution in [-0.2, 0) is 4.74 Å². The van der Waals surface area contributed by atoms with Crippen molar-refractivity contribution < 1.29 is 27.5 Å². The summed E-state index contributed by atoms with van der Waals surface area (Å²) in [7, 11) is 1.50. The van der Waals surface area contributed by atoms with Crippen molar-refractivity contribution in [3.63, 3.8) is 0 Å². The lowest BCUT2D eigenvalue weighted by Gasteiger charge is -2.12. The summed E-state index contributed by atoms with van der Waals surface area (Å²) in [5.74, 6) is -1.97. The maximum absolute atomic E-state index is 13.6. The number of ether oxygens (including phenoxy) is 2. The number of halogens is 2. The van der Waals surface area contributed by atoms with E-state index in [9.17, 15) is 13.6 Å². The highest BCUT2D eigenvalue weighted by Gasteiger charge is 2.19. The molecule has 1 aromatic heterocycles. The van der Waals surface area contributed by atoms with Gasteiger partial charge in [-0.25, -0.2) is 13.8 Å². The molecule has 1 fully saturated rings. The number of fused-ring (bicyclic) bond motifs is 1. The molecule has 1 amide bonds. The first kappa shape index (κ1) is 20.0. The number of benzene rings is 2. The van der Waals surface area contributed by atoms with Crippen LogP contribution in [-0.4, -0.2) is 32.3 Å². The summed E-state index contributed by atoms with van der Waals surface area (Å²) in [6.45, 7) is 1.04. The van der Waals surface area contributed by atoms with Crippen LogP contribution in [0.4, 0.5) is 14.5 Å². The van der Waals surface area contributed by atoms with E-state index in [4.69, 9.17) is 13.9 Å². The average molecular weight is 414 g/mol. The fraction of sp³-hybridized carbons (Fsp3) is 0.273. The second-order valence-electron chi connectivity index (χ2n) is 6.90. The van der Waals surface area contributed by atoms with E-state index in [1.54, 1.807) is 24.3 Å². The van der Waals surface area contributed by atoms with Crippen LogP contribution in [0.25, 0.3) is 11.0 Å². The van der Waals surface area contributed by atoms with E-state index >= 15 is 0 Å². The number of hydrogen-bond acceptors (Lipinski definition) is 5. The van der Waals surface area contributed by atoms with Crippen molar-refractivity contribution in [2.24, 2.45) is 4.99 Å². The van der Waals surface area contributed by atoms with E-state index in [1.165, 1.54) is 13.2 Å². The smallest absolute Gasteiger partial charge is 0.256 e. The Morgan fingerprint density at radius 1 is 1.23 bits per heavy atom. The predicted octanol–water partition coefficient (Wildman–Crippen LogP) is 3.86. The third-order valence-corrected chi connectivity index (χ3v) is 4.85. The Labute approximate surface area is 171 Å². The highest BCUT2D eigenvalue weighted by molar-refractivity contribution is 5.97. The van der Waals surface area contributed by atoms with Crippen molar-refractivity contribution in [3.8, 4) is 5.75 Å². The first-order valence-corrected chi connectivity index (χ1v) is 9.55. The van der Waals surface area contributed by atoms with Crippen molar-refractivity contribution in [1.82, 2.24) is 5.32 Å². The number of para-hydroxylation sites is 1. The molecule has 1 aliphatic rings. The molecule has 4 rings (SSSR count). The lowest BCUT2D eigenvalue weighted by atomic mass is 10.1. The van der Waals surface area contributed by atoms with Gasteiger partial charge in [-0.15, -0.1) is 0 Å². The highest BCUT2D eigenvalue weighted by atomic mass is 19.2. The Kier molecular flexibility index (Phi) is 5.76. The van der Waals surface area contributed by atoms with Gasteiger partial charge in [-0.3, -0.25) is 4.79 Å². The molecule has 2 aromatic carbocycles. The minimum Gasteiger partial charge on any atom is -0.493 e. The summed E-state index contributed by atoms with van der Waals surface area (Å²) >= 11 is 0. The monoisotopic (exact) mass is 414 g/mol. The van der Waals surface area contributed by atoms with Gasteiger partial charge in [-0.1, -0.05) is 12.1 Å². The number of rotatable bonds is 5. The molecule has 30 heavy (non-hydrogen) atoms. The Morgan fingerprint density at radius 2 is 2.10 bits per heavy atom. The number of carbonyl (C=O) groups excluding carboxylic acids is 1. The quantitative estimate of drug-likeness (QED) is 0.688. The first-order chi connectivity index (χ1) is 14.5. The van der Waals surface area contributed by atoms with Crippen molar-refractivity contribution in [2.45, 2.75) is 18.9 Å². The molecule has 8 heteroatoms. The molecular formula is C22H20F2N2O4. The topological polar surface area (TPSA) is 73.1 Å². The molecule has 0 spiro atoms. The van der Waals surface area contributed by atoms with E-state index < -0.39 is 17.5 Å². The third-order valence-electron chi connectivity index (χ3n) is 4.85. The standard InChI is InChI=1S/C22H20F2N2O4/c1-28-19-6-2-4-13-10-16(21(27)25-12-15-5-3-9-29-15)22(30-20(13)19)26-14-7-8-17(23)18(24)11-14/h2,4,6-8,10-11,15H,3,5,9,12H2,1H3,(H,25,27)/t15-/m0/s1. The van der Waals surface area contributed by atoms with Crippen molar-refractivity contribution in [3.05, 3.63) is 65.2 Å². The van der Waals surface area contributed by atoms with Crippen LogP contribution in [0, 0.1) is 11.6 Å². The van der Waals surface area contributed by atoms with E-state index in [-0.39, 0.29) is 22.9 Å². The normalized spacial score (nSPS) is 16.8. The molecule has 0 bridgehead atoms. The zero-order valence-electron chi connectivity index (χ0n) is 16.3. The van der Waals surface area contributed by atoms with Crippen molar-refractivity contribution in [1.29, 1.82) is 0 Å². The zero-order chi connectivity index (χ0) is 21.1. The fourth-order valence-electron chi connectivity index (χ4n) is 3.31. The van der Waals surface area contributed by atoms with Crippen LogP contribution in [0.3, 0.4) is 0 Å². The summed E-state index contributed by atoms with van der Waals surface area (Å²) in [5, 5.41) is 3.47. The predicted molar refractivity (Wildman–Crippen MR) is 106 cm³/mol. The molecule has 156 valence electrons. The molecule has 1 N–H and O–H groups in total. The van der Waals surface area contributed by atoms with Crippen LogP contribution < -0.4 is 15.6 Å². The van der Waals surface area contributed by atoms with Crippen LogP contribution in [0.5, 0.6) is 5.75 Å². The maximum Gasteiger partial charge on any atom is 0.256 e. The van der Waals surface area contributed by atoms with Crippen LogP contribution >= 0.6 is 0 Å². The Morgan fingerprint density at radius 3 is 2.83 bits per heavy atom. The lowest BCUT2D eigenvalue weighted by molar-refractivity contribution is 0.0854. The van der Waals surface area contributed by atoms with Crippen molar-refractivity contribution >= 4 is 22.6 Å². The van der Waals surface area contributed by atoms with Gasteiger partial charge in [-0.05, 0) is 37.1 Å². The van der Waals surface area contributed by atoms with Crippen LogP contribution in [0.2, 0.25) is 0 Å². The molecule has 6 nitrogen and oxygen atoms in total. The summed E-state index contributed by atoms with van der Waals surface area (Å²) < 4.78 is 43.6. The van der Waals surface area contributed by atoms with Gasteiger partial charge in [0.25, 0.3) is 5.91 Å². The number of carbonyl (C=O) groups is 1. The molecule has 0 saturated carbocycles. The molecule has 2 heterocycles. The highest BCUT2D eigenvalue weighted by Crippen LogP contribution is 2.25. The van der Waals surface area contributed by atoms with Gasteiger partial charge in [0, 0.05) is 24.6 Å². The van der Waals surface area contributed by atoms with Gasteiger partial charge in [0.15, 0.2) is 23.0 Å². The molecule has 1 saturated heterocycles. The van der Waals surface area contributed by atoms with Gasteiger partial charge in [0.05, 0.1) is 18.9 Å². The lowest BCUT2D eigenvalue weighted by Crippen LogP contribution is -2.34. The van der Waals surface area contributed by atoms with Crippen LogP contribution in [0.1, 0.15) is 23.2 Å². The largest absolute Gasteiger partial charge is 0.493 e. The minimum absolute atomic E-state index is 0.0296. The second-order valence-corrected chi connectivity index (χ2v) is 6.90. The van der Waals surface area contributed by atoms with Gasteiger partial charge in [0.1, 0.15) is 5.56 Å². The molecule has 1 aliphatic heterocycles. The summed E-state index contributed by atoms with van der Waals surface area (Å²) in [4.78, 5) is 17.1. The zero-order valence-corrected chi connectivity index (χ0v) is 16.3. The number of nitrogens with zero attached hydrogens (tertiary/aromatic N) is 1. The Bertz CT molecular complexity index is 1150. The Balaban J connectivity index is 1.79. The van der Waals surface area contributed by atoms with Gasteiger partial charge < -0.3 is 19.2 Å². The van der Waals surface area contributed by atoms with E-state index in [0.29, 0.717) is 29.9 Å². The maximum atomic E-state index is 13.6. The van der Waals surface area contributed by atoms with E-state index in [1.807, 2.05) is 0 Å². The minimum atomic E-state index is -1.04. The van der Waals surface area contributed by atoms with E-state index in [2.05, 4.69) is 10.3 Å². The summed E-state index contributed by atoms with van der Waals surface area (Å²) in [5.41, 5.74) is 0.624. The SMILES string of the molecule is COc1cccc2cc(C(=O)NC[C@@H]3CCCO3)c(=Nc3ccc(F)c(F)c3)oc12. The first-order valence-electron chi connectivity index (χ1n) is 9.55. The van der Waals surface area contributed by atoms with Crippen LogP contribution in [0.15, 0.2) is 51.9 Å². The fourth-order valence-corrected chi connectivity index (χ4v) is 3.31. The number of amides is 1. The second kappa shape index (κ2) is 8.62. The molecule has 3 aromatic rings. The number of nitrogens with one attached hydrogen (secondary N) is 1. The van der Waals surface area contributed by atoms with Gasteiger partial charge >= 0.3 is 0 Å². The average Bonchev–Trinajstić information content (AvgIpc) is 3.27. The van der Waals surface area contributed by atoms with Gasteiger partial charge in [-0.2, -0.15) is 0 Å². The third kappa shape index (κ3) is 4.18. The number of hydrogen-bond donors (Lipinski definition) is 1. The number of methoxy groups -OCH3 is 1. The molecule has 1 atom stereocenters. The molecule has 0 unspecified atom stereocenters. The summed E-state index contributed by atoms with van der Waals surface area (Å²) in [6, 6.07) is 10.1. The molecule has 0 radical (unpaired) electrons. The summed E-state index contributed by atoms with van der Waals surface area (Å²) in [6.07, 6.45) is 1.81. The molecule has 0 aliphatic carbocycles. The Hall–Kier alpha value is -3.26. The van der Waals surface area contributed by atoms with Crippen molar-refractivity contribution in [2.75, 3.05) is 20.3 Å². The molecular weight excluding hydrogens is 394 g/mol. The van der Waals surface area contributed by atoms with Gasteiger partial charge in [0.2, 0.25) is 5.55 Å². The van der Waals surface area contributed by atoms with E-state index in [0.717, 1.165) is 25.0 Å².